The number of halogens is 1. The van der Waals surface area contributed by atoms with Crippen molar-refractivity contribution in [1.29, 1.82) is 0 Å². The predicted molar refractivity (Wildman–Crippen MR) is 173 cm³/mol. The lowest BCUT2D eigenvalue weighted by Gasteiger charge is -2.33. The van der Waals surface area contributed by atoms with Crippen LogP contribution < -0.4 is 0 Å². The van der Waals surface area contributed by atoms with E-state index in [1.54, 1.807) is 11.1 Å². The molecule has 4 aromatic rings. The first kappa shape index (κ1) is 28.5. The maximum Gasteiger partial charge on any atom is 0.119 e. The molecule has 1 aliphatic rings. The Morgan fingerprint density at radius 3 is 1.92 bits per heavy atom. The van der Waals surface area contributed by atoms with E-state index < -0.39 is 0 Å². The molecule has 0 spiro atoms. The Morgan fingerprint density at radius 2 is 1.21 bits per heavy atom. The van der Waals surface area contributed by atoms with Crippen molar-refractivity contribution in [2.45, 2.75) is 109 Å². The fraction of sp³-hybridized carbons (Fsp3) is 0.486. The molecule has 0 saturated carbocycles. The second-order valence-electron chi connectivity index (χ2n) is 11.5. The minimum Gasteiger partial charge on any atom is -0.172 e. The maximum atomic E-state index is 4.70. The molecule has 0 fully saturated rings. The average molecular weight is 604 g/mol. The van der Waals surface area contributed by atoms with Gasteiger partial charge in [0.2, 0.25) is 0 Å². The smallest absolute Gasteiger partial charge is 0.119 e. The molecule has 5 rings (SSSR count). The number of unbranched alkanes of at least 4 members (excludes halogenated alkanes) is 10. The molecule has 0 radical (unpaired) electrons. The molecule has 0 aliphatic heterocycles. The van der Waals surface area contributed by atoms with Crippen LogP contribution in [0.1, 0.15) is 115 Å². The Morgan fingerprint density at radius 1 is 0.615 bits per heavy atom. The summed E-state index contributed by atoms with van der Waals surface area (Å²) in [4.78, 5) is 0. The van der Waals surface area contributed by atoms with E-state index in [2.05, 4.69) is 88.7 Å². The minimum absolute atomic E-state index is 0.103. The van der Waals surface area contributed by atoms with E-state index in [4.69, 9.17) is 4.37 Å². The Balaban J connectivity index is 1.52. The summed E-state index contributed by atoms with van der Waals surface area (Å²) in [6.07, 6.45) is 18.6. The van der Waals surface area contributed by atoms with Crippen LogP contribution >= 0.6 is 27.7 Å². The van der Waals surface area contributed by atoms with Gasteiger partial charge in [0.25, 0.3) is 0 Å². The standard InChI is InChI=1S/C35H43BrN2S/c1-3-5-7-9-11-15-23-35(24-16-12-10-8-6-4-2)30-18-14-13-17-28(30)29-20-19-26(25-31(29)35)27-21-22-32(36)34-33(27)37-39-38-34/h13-14,17-22,25H,3-12,15-16,23-24H2,1-2H3. The number of fused-ring (bicyclic) bond motifs is 4. The summed E-state index contributed by atoms with van der Waals surface area (Å²) in [5.41, 5.74) is 10.5. The number of aromatic nitrogens is 2. The third-order valence-corrected chi connectivity index (χ3v) is 10.0. The summed E-state index contributed by atoms with van der Waals surface area (Å²) in [5.74, 6) is 0. The third kappa shape index (κ3) is 6.03. The molecule has 4 heteroatoms. The van der Waals surface area contributed by atoms with E-state index >= 15 is 0 Å². The van der Waals surface area contributed by atoms with Crippen LogP contribution in [0.4, 0.5) is 0 Å². The van der Waals surface area contributed by atoms with Crippen LogP contribution in [0, 0.1) is 0 Å². The SMILES string of the molecule is CCCCCCCCC1(CCCCCCCC)c2ccccc2-c2ccc(-c3ccc(Br)c4nsnc34)cc21. The lowest BCUT2D eigenvalue weighted by atomic mass is 9.70. The van der Waals surface area contributed by atoms with Crippen molar-refractivity contribution in [1.82, 2.24) is 8.75 Å². The number of benzene rings is 3. The van der Waals surface area contributed by atoms with Crippen LogP contribution in [0.15, 0.2) is 59.1 Å². The maximum absolute atomic E-state index is 4.70. The molecule has 0 amide bonds. The fourth-order valence-corrected chi connectivity index (χ4v) is 7.87. The van der Waals surface area contributed by atoms with Gasteiger partial charge in [0.1, 0.15) is 11.0 Å². The zero-order valence-corrected chi connectivity index (χ0v) is 26.2. The van der Waals surface area contributed by atoms with E-state index in [1.807, 2.05) is 0 Å². The highest BCUT2D eigenvalue weighted by Gasteiger charge is 2.42. The van der Waals surface area contributed by atoms with Gasteiger partial charge in [-0.1, -0.05) is 133 Å². The van der Waals surface area contributed by atoms with E-state index in [1.165, 1.54) is 124 Å². The van der Waals surface area contributed by atoms with Crippen molar-refractivity contribution in [2.75, 3.05) is 0 Å². The van der Waals surface area contributed by atoms with Gasteiger partial charge in [-0.05, 0) is 68.7 Å². The van der Waals surface area contributed by atoms with Crippen LogP contribution in [0.3, 0.4) is 0 Å². The topological polar surface area (TPSA) is 25.8 Å². The van der Waals surface area contributed by atoms with Crippen molar-refractivity contribution >= 4 is 38.7 Å². The number of rotatable bonds is 15. The molecule has 1 heterocycles. The molecule has 0 unspecified atom stereocenters. The summed E-state index contributed by atoms with van der Waals surface area (Å²) in [6.45, 7) is 4.61. The predicted octanol–water partition coefficient (Wildman–Crippen LogP) is 11.9. The van der Waals surface area contributed by atoms with Gasteiger partial charge in [0.05, 0.1) is 11.7 Å². The largest absolute Gasteiger partial charge is 0.172 e. The van der Waals surface area contributed by atoms with Crippen molar-refractivity contribution in [3.63, 3.8) is 0 Å². The van der Waals surface area contributed by atoms with E-state index in [0.717, 1.165) is 15.5 Å². The molecule has 1 aromatic heterocycles. The number of hydrogen-bond acceptors (Lipinski definition) is 3. The van der Waals surface area contributed by atoms with Gasteiger partial charge in [0, 0.05) is 15.5 Å². The van der Waals surface area contributed by atoms with Gasteiger partial charge in [-0.2, -0.15) is 8.75 Å². The molecule has 3 aromatic carbocycles. The molecule has 0 bridgehead atoms. The highest BCUT2D eigenvalue weighted by molar-refractivity contribution is 9.10. The molecule has 206 valence electrons. The molecule has 39 heavy (non-hydrogen) atoms. The molecular weight excluding hydrogens is 560 g/mol. The first-order valence-corrected chi connectivity index (χ1v) is 16.9. The van der Waals surface area contributed by atoms with Gasteiger partial charge in [0.15, 0.2) is 0 Å². The number of hydrogen-bond donors (Lipinski definition) is 0. The molecule has 0 atom stereocenters. The van der Waals surface area contributed by atoms with Gasteiger partial charge < -0.3 is 0 Å². The lowest BCUT2D eigenvalue weighted by molar-refractivity contribution is 0.398. The molecule has 2 nitrogen and oxygen atoms in total. The summed E-state index contributed by atoms with van der Waals surface area (Å²) < 4.78 is 10.3. The first-order valence-electron chi connectivity index (χ1n) is 15.3. The van der Waals surface area contributed by atoms with Crippen LogP contribution in [0.2, 0.25) is 0 Å². The summed E-state index contributed by atoms with van der Waals surface area (Å²) in [7, 11) is 0. The van der Waals surface area contributed by atoms with Gasteiger partial charge >= 0.3 is 0 Å². The second kappa shape index (κ2) is 13.5. The monoisotopic (exact) mass is 602 g/mol. The van der Waals surface area contributed by atoms with Crippen LogP contribution in [0.25, 0.3) is 33.3 Å². The van der Waals surface area contributed by atoms with Crippen molar-refractivity contribution < 1.29 is 0 Å². The molecule has 1 aliphatic carbocycles. The Labute approximate surface area is 248 Å². The zero-order valence-electron chi connectivity index (χ0n) is 23.8. The van der Waals surface area contributed by atoms with Gasteiger partial charge in [-0.3, -0.25) is 0 Å². The Hall–Kier alpha value is -2.04. The summed E-state index contributed by atoms with van der Waals surface area (Å²) in [5, 5.41) is 0. The quantitative estimate of drug-likeness (QED) is 0.126. The third-order valence-electron chi connectivity index (χ3n) is 8.86. The van der Waals surface area contributed by atoms with E-state index in [9.17, 15) is 0 Å². The second-order valence-corrected chi connectivity index (χ2v) is 12.9. The van der Waals surface area contributed by atoms with E-state index in [-0.39, 0.29) is 5.41 Å². The number of nitrogens with zero attached hydrogens (tertiary/aromatic N) is 2. The Bertz CT molecular complexity index is 1360. The van der Waals surface area contributed by atoms with Crippen molar-refractivity contribution in [3.8, 4) is 22.3 Å². The molecule has 0 saturated heterocycles. The zero-order chi connectivity index (χ0) is 27.1. The van der Waals surface area contributed by atoms with Crippen LogP contribution in [-0.4, -0.2) is 8.75 Å². The minimum atomic E-state index is 0.103. The van der Waals surface area contributed by atoms with Crippen molar-refractivity contribution in [3.05, 3.63) is 70.2 Å². The summed E-state index contributed by atoms with van der Waals surface area (Å²) in [6, 6.07) is 20.8. The molecule has 0 N–H and O–H groups in total. The fourth-order valence-electron chi connectivity index (χ4n) is 6.77. The molecular formula is C35H43BrN2S. The normalized spacial score (nSPS) is 13.6. The lowest BCUT2D eigenvalue weighted by Crippen LogP contribution is -2.25. The van der Waals surface area contributed by atoms with Crippen LogP contribution in [0.5, 0.6) is 0 Å². The first-order chi connectivity index (χ1) is 19.2. The summed E-state index contributed by atoms with van der Waals surface area (Å²) >= 11 is 4.97. The van der Waals surface area contributed by atoms with Gasteiger partial charge in [-0.25, -0.2) is 0 Å². The van der Waals surface area contributed by atoms with Crippen LogP contribution in [-0.2, 0) is 5.41 Å². The highest BCUT2D eigenvalue weighted by Crippen LogP contribution is 2.55. The average Bonchev–Trinajstić information content (AvgIpc) is 3.56. The van der Waals surface area contributed by atoms with Crippen molar-refractivity contribution in [2.24, 2.45) is 0 Å². The van der Waals surface area contributed by atoms with Gasteiger partial charge in [-0.15, -0.1) is 0 Å². The Kier molecular flexibility index (Phi) is 9.89. The van der Waals surface area contributed by atoms with E-state index in [0.29, 0.717) is 0 Å². The highest BCUT2D eigenvalue weighted by atomic mass is 79.9.